The van der Waals surface area contributed by atoms with Crippen molar-refractivity contribution in [1.82, 2.24) is 5.06 Å². The number of hydrogen-bond donors (Lipinski definition) is 1. The molecule has 0 bridgehead atoms. The van der Waals surface area contributed by atoms with Crippen LogP contribution in [-0.4, -0.2) is 34.8 Å². The summed E-state index contributed by atoms with van der Waals surface area (Å²) in [6.07, 6.45) is 3.76. The van der Waals surface area contributed by atoms with E-state index in [1.165, 1.54) is 0 Å². The lowest BCUT2D eigenvalue weighted by atomic mass is 9.73. The fourth-order valence-electron chi connectivity index (χ4n) is 3.94. The van der Waals surface area contributed by atoms with Crippen molar-refractivity contribution in [2.75, 3.05) is 6.61 Å². The minimum absolute atomic E-state index is 0.0838. The van der Waals surface area contributed by atoms with E-state index >= 15 is 0 Å². The molecule has 18 heavy (non-hydrogen) atoms. The van der Waals surface area contributed by atoms with Gasteiger partial charge in [-0.1, -0.05) is 6.58 Å². The molecule has 5 atom stereocenters. The summed E-state index contributed by atoms with van der Waals surface area (Å²) in [5.41, 5.74) is 0.532. The Morgan fingerprint density at radius 3 is 2.56 bits per heavy atom. The van der Waals surface area contributed by atoms with Crippen molar-refractivity contribution >= 4 is 5.91 Å². The molecule has 5 unspecified atom stereocenters. The Kier molecular flexibility index (Phi) is 2.94. The van der Waals surface area contributed by atoms with Gasteiger partial charge in [-0.3, -0.25) is 9.63 Å². The molecule has 3 rings (SSSR count). The van der Waals surface area contributed by atoms with Crippen LogP contribution in [-0.2, 0) is 9.63 Å². The van der Waals surface area contributed by atoms with Crippen LogP contribution in [0.25, 0.3) is 0 Å². The summed E-state index contributed by atoms with van der Waals surface area (Å²) in [6.45, 7) is 6.07. The molecule has 1 heterocycles. The summed E-state index contributed by atoms with van der Waals surface area (Å²) in [5, 5.41) is 11.3. The van der Waals surface area contributed by atoms with Gasteiger partial charge in [-0.05, 0) is 44.4 Å². The molecule has 4 heteroatoms. The zero-order valence-corrected chi connectivity index (χ0v) is 10.8. The van der Waals surface area contributed by atoms with E-state index in [0.29, 0.717) is 29.9 Å². The van der Waals surface area contributed by atoms with Crippen LogP contribution in [0.2, 0.25) is 0 Å². The number of amides is 1. The number of fused-ring (bicyclic) bond motifs is 2. The highest BCUT2D eigenvalue weighted by Crippen LogP contribution is 2.48. The topological polar surface area (TPSA) is 49.8 Å². The molecule has 2 saturated carbocycles. The summed E-state index contributed by atoms with van der Waals surface area (Å²) in [7, 11) is 0. The lowest BCUT2D eigenvalue weighted by Gasteiger charge is -2.36. The monoisotopic (exact) mass is 251 g/mol. The van der Waals surface area contributed by atoms with Crippen LogP contribution in [0.15, 0.2) is 12.2 Å². The molecule has 1 saturated heterocycles. The average Bonchev–Trinajstić information content (AvgIpc) is 2.86. The molecule has 100 valence electrons. The number of hydrogen-bond acceptors (Lipinski definition) is 3. The maximum atomic E-state index is 12.0. The summed E-state index contributed by atoms with van der Waals surface area (Å²) in [4.78, 5) is 17.6. The van der Waals surface area contributed by atoms with Gasteiger partial charge in [0, 0.05) is 11.5 Å². The summed E-state index contributed by atoms with van der Waals surface area (Å²) in [5.74, 6) is 1.55. The van der Waals surface area contributed by atoms with Crippen LogP contribution in [0.1, 0.15) is 32.6 Å². The summed E-state index contributed by atoms with van der Waals surface area (Å²) < 4.78 is 0. The van der Waals surface area contributed by atoms with Crippen LogP contribution in [0.4, 0.5) is 0 Å². The Labute approximate surface area is 108 Å². The second-order valence-corrected chi connectivity index (χ2v) is 6.15. The van der Waals surface area contributed by atoms with Gasteiger partial charge in [0.25, 0.3) is 5.91 Å². The number of carbonyl (C=O) groups excluding carboxylic acids is 1. The third kappa shape index (κ3) is 1.88. The van der Waals surface area contributed by atoms with Crippen molar-refractivity contribution < 1.29 is 14.7 Å². The zero-order valence-electron chi connectivity index (χ0n) is 10.8. The van der Waals surface area contributed by atoms with Crippen molar-refractivity contribution in [2.45, 2.75) is 44.8 Å². The number of hydroxylamine groups is 2. The largest absolute Gasteiger partial charge is 0.393 e. The van der Waals surface area contributed by atoms with Crippen LogP contribution in [0.5, 0.6) is 0 Å². The van der Waals surface area contributed by atoms with E-state index in [1.54, 1.807) is 12.0 Å². The fourth-order valence-corrected chi connectivity index (χ4v) is 3.94. The number of aliphatic hydroxyl groups excluding tert-OH is 1. The SMILES string of the molecule is C=C(C)C(=O)N1OCC2CC3CC(O)CC3CC21. The second kappa shape index (κ2) is 4.35. The molecule has 0 aromatic carbocycles. The number of aliphatic hydroxyl groups is 1. The van der Waals surface area contributed by atoms with Crippen LogP contribution in [0.3, 0.4) is 0 Å². The maximum absolute atomic E-state index is 12.0. The van der Waals surface area contributed by atoms with Crippen LogP contribution >= 0.6 is 0 Å². The van der Waals surface area contributed by atoms with E-state index in [9.17, 15) is 9.90 Å². The maximum Gasteiger partial charge on any atom is 0.272 e. The molecule has 0 aromatic heterocycles. The van der Waals surface area contributed by atoms with E-state index in [-0.39, 0.29) is 18.1 Å². The highest BCUT2D eigenvalue weighted by Gasteiger charge is 2.48. The highest BCUT2D eigenvalue weighted by atomic mass is 16.7. The van der Waals surface area contributed by atoms with Gasteiger partial charge in [-0.25, -0.2) is 5.06 Å². The number of carbonyl (C=O) groups is 1. The first-order valence-corrected chi connectivity index (χ1v) is 6.86. The molecule has 1 amide bonds. The van der Waals surface area contributed by atoms with E-state index in [2.05, 4.69) is 6.58 Å². The van der Waals surface area contributed by atoms with Gasteiger partial charge in [0.05, 0.1) is 18.8 Å². The van der Waals surface area contributed by atoms with E-state index in [0.717, 1.165) is 25.7 Å². The Morgan fingerprint density at radius 1 is 1.22 bits per heavy atom. The molecule has 3 aliphatic rings. The van der Waals surface area contributed by atoms with Crippen LogP contribution in [0, 0.1) is 17.8 Å². The van der Waals surface area contributed by atoms with Crippen molar-refractivity contribution in [3.63, 3.8) is 0 Å². The second-order valence-electron chi connectivity index (χ2n) is 6.15. The third-order valence-corrected chi connectivity index (χ3v) is 4.80. The third-order valence-electron chi connectivity index (χ3n) is 4.80. The smallest absolute Gasteiger partial charge is 0.272 e. The predicted molar refractivity (Wildman–Crippen MR) is 66.3 cm³/mol. The van der Waals surface area contributed by atoms with E-state index < -0.39 is 0 Å². The molecule has 0 aromatic rings. The number of nitrogens with zero attached hydrogens (tertiary/aromatic N) is 1. The standard InChI is InChI=1S/C14H21NO3/c1-8(2)14(17)15-13-6-10-5-12(16)4-9(10)3-11(13)7-18-15/h9-13,16H,1,3-7H2,2H3. The fraction of sp³-hybridized carbons (Fsp3) is 0.786. The lowest BCUT2D eigenvalue weighted by Crippen LogP contribution is -2.42. The van der Waals surface area contributed by atoms with Gasteiger partial charge < -0.3 is 5.11 Å². The van der Waals surface area contributed by atoms with Crippen molar-refractivity contribution in [3.05, 3.63) is 12.2 Å². The normalized spacial score (nSPS) is 42.6. The Hall–Kier alpha value is -0.870. The summed E-state index contributed by atoms with van der Waals surface area (Å²) >= 11 is 0. The first kappa shape index (κ1) is 12.2. The Balaban J connectivity index is 1.74. The molecule has 0 spiro atoms. The Morgan fingerprint density at radius 2 is 1.89 bits per heavy atom. The molecule has 3 fully saturated rings. The minimum Gasteiger partial charge on any atom is -0.393 e. The van der Waals surface area contributed by atoms with E-state index in [4.69, 9.17) is 4.84 Å². The Bertz CT molecular complexity index is 381. The van der Waals surface area contributed by atoms with Crippen molar-refractivity contribution in [2.24, 2.45) is 17.8 Å². The summed E-state index contributed by atoms with van der Waals surface area (Å²) in [6, 6.07) is 0.195. The molecular weight excluding hydrogens is 230 g/mol. The highest BCUT2D eigenvalue weighted by molar-refractivity contribution is 5.91. The quantitative estimate of drug-likeness (QED) is 0.719. The lowest BCUT2D eigenvalue weighted by molar-refractivity contribution is -0.173. The minimum atomic E-state index is -0.134. The number of rotatable bonds is 1. The van der Waals surface area contributed by atoms with Gasteiger partial charge in [0.2, 0.25) is 0 Å². The molecule has 0 radical (unpaired) electrons. The van der Waals surface area contributed by atoms with E-state index in [1.807, 2.05) is 0 Å². The van der Waals surface area contributed by atoms with Crippen molar-refractivity contribution in [1.29, 1.82) is 0 Å². The molecule has 4 nitrogen and oxygen atoms in total. The van der Waals surface area contributed by atoms with Gasteiger partial charge in [-0.2, -0.15) is 0 Å². The first-order chi connectivity index (χ1) is 8.56. The van der Waals surface area contributed by atoms with Gasteiger partial charge in [0.15, 0.2) is 0 Å². The van der Waals surface area contributed by atoms with Gasteiger partial charge in [0.1, 0.15) is 0 Å². The van der Waals surface area contributed by atoms with Gasteiger partial charge in [-0.15, -0.1) is 0 Å². The molecule has 2 aliphatic carbocycles. The molecule has 1 N–H and O–H groups in total. The average molecular weight is 251 g/mol. The first-order valence-electron chi connectivity index (χ1n) is 6.86. The molecule has 1 aliphatic heterocycles. The predicted octanol–water partition coefficient (Wildman–Crippen LogP) is 1.50. The molecular formula is C14H21NO3. The van der Waals surface area contributed by atoms with Gasteiger partial charge >= 0.3 is 0 Å². The zero-order chi connectivity index (χ0) is 12.9. The van der Waals surface area contributed by atoms with Crippen LogP contribution < -0.4 is 0 Å². The van der Waals surface area contributed by atoms with Crippen molar-refractivity contribution in [3.8, 4) is 0 Å².